The average molecular weight is 349 g/mol. The minimum absolute atomic E-state index is 0.318. The van der Waals surface area contributed by atoms with Crippen LogP contribution in [0.1, 0.15) is 38.4 Å². The highest BCUT2D eigenvalue weighted by Gasteiger charge is 2.24. The van der Waals surface area contributed by atoms with Gasteiger partial charge < -0.3 is 24.1 Å². The SMILES string of the molecule is CCNC(=NCCc1ccco1)N1CCC(OCC2CCCO2)CC1. The van der Waals surface area contributed by atoms with E-state index in [1.807, 2.05) is 12.1 Å². The first kappa shape index (κ1) is 18.3. The van der Waals surface area contributed by atoms with Gasteiger partial charge in [-0.15, -0.1) is 0 Å². The molecule has 1 unspecified atom stereocenters. The summed E-state index contributed by atoms with van der Waals surface area (Å²) in [6.45, 7) is 7.36. The molecule has 0 spiro atoms. The zero-order valence-electron chi connectivity index (χ0n) is 15.3. The molecule has 0 saturated carbocycles. The fraction of sp³-hybridized carbons (Fsp3) is 0.737. The van der Waals surface area contributed by atoms with Crippen molar-refractivity contribution < 1.29 is 13.9 Å². The number of furan rings is 1. The lowest BCUT2D eigenvalue weighted by atomic mass is 10.1. The van der Waals surface area contributed by atoms with E-state index >= 15 is 0 Å². The summed E-state index contributed by atoms with van der Waals surface area (Å²) < 4.78 is 17.1. The zero-order valence-corrected chi connectivity index (χ0v) is 15.3. The predicted molar refractivity (Wildman–Crippen MR) is 97.9 cm³/mol. The summed E-state index contributed by atoms with van der Waals surface area (Å²) >= 11 is 0. The van der Waals surface area contributed by atoms with Crippen molar-refractivity contribution in [2.24, 2.45) is 4.99 Å². The van der Waals surface area contributed by atoms with Crippen LogP contribution in [-0.4, -0.2) is 62.5 Å². The number of piperidine rings is 1. The van der Waals surface area contributed by atoms with Crippen molar-refractivity contribution in [1.82, 2.24) is 10.2 Å². The van der Waals surface area contributed by atoms with Gasteiger partial charge >= 0.3 is 0 Å². The molecule has 0 aliphatic carbocycles. The van der Waals surface area contributed by atoms with Gasteiger partial charge in [-0.25, -0.2) is 0 Å². The molecule has 2 aliphatic heterocycles. The topological polar surface area (TPSA) is 59.2 Å². The Balaban J connectivity index is 1.41. The Morgan fingerprint density at radius 3 is 2.92 bits per heavy atom. The molecule has 25 heavy (non-hydrogen) atoms. The van der Waals surface area contributed by atoms with Gasteiger partial charge in [0.05, 0.1) is 25.1 Å². The lowest BCUT2D eigenvalue weighted by molar-refractivity contribution is -0.0367. The lowest BCUT2D eigenvalue weighted by Crippen LogP contribution is -2.47. The molecule has 0 radical (unpaired) electrons. The highest BCUT2D eigenvalue weighted by Crippen LogP contribution is 2.17. The molecule has 0 bridgehead atoms. The first-order chi connectivity index (χ1) is 12.3. The quantitative estimate of drug-likeness (QED) is 0.605. The minimum Gasteiger partial charge on any atom is -0.469 e. The Hall–Kier alpha value is -1.53. The van der Waals surface area contributed by atoms with E-state index in [-0.39, 0.29) is 0 Å². The third kappa shape index (κ3) is 5.75. The van der Waals surface area contributed by atoms with E-state index in [4.69, 9.17) is 18.9 Å². The fourth-order valence-corrected chi connectivity index (χ4v) is 3.41. The third-order valence-electron chi connectivity index (χ3n) is 4.82. The molecule has 2 fully saturated rings. The van der Waals surface area contributed by atoms with E-state index in [2.05, 4.69) is 17.1 Å². The molecular weight excluding hydrogens is 318 g/mol. The molecule has 3 heterocycles. The van der Waals surface area contributed by atoms with Crippen molar-refractivity contribution in [2.45, 2.75) is 51.2 Å². The molecule has 140 valence electrons. The van der Waals surface area contributed by atoms with E-state index in [1.165, 1.54) is 6.42 Å². The molecule has 1 N–H and O–H groups in total. The summed E-state index contributed by atoms with van der Waals surface area (Å²) in [6.07, 6.45) is 7.64. The van der Waals surface area contributed by atoms with E-state index < -0.39 is 0 Å². The van der Waals surface area contributed by atoms with Crippen LogP contribution in [0, 0.1) is 0 Å². The number of likely N-dealkylation sites (tertiary alicyclic amines) is 1. The van der Waals surface area contributed by atoms with Crippen molar-refractivity contribution in [3.05, 3.63) is 24.2 Å². The number of guanidine groups is 1. The number of ether oxygens (including phenoxy) is 2. The number of nitrogens with zero attached hydrogens (tertiary/aromatic N) is 2. The van der Waals surface area contributed by atoms with Crippen LogP contribution in [0.3, 0.4) is 0 Å². The van der Waals surface area contributed by atoms with E-state index in [9.17, 15) is 0 Å². The van der Waals surface area contributed by atoms with Gasteiger partial charge in [0.15, 0.2) is 5.96 Å². The second kappa shape index (κ2) is 9.82. The monoisotopic (exact) mass is 349 g/mol. The lowest BCUT2D eigenvalue weighted by Gasteiger charge is -2.34. The van der Waals surface area contributed by atoms with Gasteiger partial charge in [-0.05, 0) is 44.7 Å². The molecule has 1 aromatic rings. The van der Waals surface area contributed by atoms with Crippen LogP contribution in [0.25, 0.3) is 0 Å². The fourth-order valence-electron chi connectivity index (χ4n) is 3.41. The number of rotatable bonds is 7. The van der Waals surface area contributed by atoms with Crippen molar-refractivity contribution in [2.75, 3.05) is 39.4 Å². The summed E-state index contributed by atoms with van der Waals surface area (Å²) in [5.41, 5.74) is 0. The number of nitrogens with one attached hydrogen (secondary N) is 1. The molecular formula is C19H31N3O3. The molecule has 0 aromatic carbocycles. The summed E-state index contributed by atoms with van der Waals surface area (Å²) in [4.78, 5) is 7.10. The maximum atomic E-state index is 6.06. The third-order valence-corrected chi connectivity index (χ3v) is 4.82. The molecule has 2 saturated heterocycles. The first-order valence-electron chi connectivity index (χ1n) is 9.64. The zero-order chi connectivity index (χ0) is 17.3. The van der Waals surface area contributed by atoms with E-state index in [0.717, 1.165) is 76.8 Å². The second-order valence-corrected chi connectivity index (χ2v) is 6.72. The van der Waals surface area contributed by atoms with Gasteiger partial charge in [0.25, 0.3) is 0 Å². The standard InChI is InChI=1S/C19H31N3O3/c1-2-20-19(21-10-7-16-5-3-13-23-16)22-11-8-17(9-12-22)25-15-18-6-4-14-24-18/h3,5,13,17-18H,2,4,6-12,14-15H2,1H3,(H,20,21). The average Bonchev–Trinajstić information content (AvgIpc) is 3.34. The largest absolute Gasteiger partial charge is 0.469 e. The van der Waals surface area contributed by atoms with E-state index in [0.29, 0.717) is 12.2 Å². The normalized spacial score (nSPS) is 22.5. The van der Waals surface area contributed by atoms with Crippen LogP contribution < -0.4 is 5.32 Å². The molecule has 3 rings (SSSR count). The van der Waals surface area contributed by atoms with Crippen molar-refractivity contribution >= 4 is 5.96 Å². The molecule has 6 heteroatoms. The van der Waals surface area contributed by atoms with E-state index in [1.54, 1.807) is 6.26 Å². The summed E-state index contributed by atoms with van der Waals surface area (Å²) in [5, 5.41) is 3.41. The number of aliphatic imine (C=N–C) groups is 1. The van der Waals surface area contributed by atoms with Gasteiger partial charge in [0, 0.05) is 39.2 Å². The highest BCUT2D eigenvalue weighted by molar-refractivity contribution is 5.80. The summed E-state index contributed by atoms with van der Waals surface area (Å²) in [5.74, 6) is 1.99. The smallest absolute Gasteiger partial charge is 0.193 e. The molecule has 1 aromatic heterocycles. The number of hydrogen-bond donors (Lipinski definition) is 1. The van der Waals surface area contributed by atoms with Gasteiger partial charge in [-0.3, -0.25) is 4.99 Å². The van der Waals surface area contributed by atoms with Crippen molar-refractivity contribution in [3.63, 3.8) is 0 Å². The van der Waals surface area contributed by atoms with Crippen LogP contribution in [-0.2, 0) is 15.9 Å². The van der Waals surface area contributed by atoms with Crippen LogP contribution in [0.5, 0.6) is 0 Å². The van der Waals surface area contributed by atoms with Crippen LogP contribution in [0.2, 0.25) is 0 Å². The predicted octanol–water partition coefficient (Wildman–Crippen LogP) is 2.45. The minimum atomic E-state index is 0.318. The Kier molecular flexibility index (Phi) is 7.18. The molecule has 1 atom stereocenters. The summed E-state index contributed by atoms with van der Waals surface area (Å²) in [6, 6.07) is 3.92. The Bertz CT molecular complexity index is 504. The van der Waals surface area contributed by atoms with Gasteiger partial charge in [-0.1, -0.05) is 0 Å². The maximum absolute atomic E-state index is 6.06. The Morgan fingerprint density at radius 2 is 2.24 bits per heavy atom. The molecule has 6 nitrogen and oxygen atoms in total. The van der Waals surface area contributed by atoms with Crippen molar-refractivity contribution in [3.8, 4) is 0 Å². The molecule has 0 amide bonds. The first-order valence-corrected chi connectivity index (χ1v) is 9.64. The maximum Gasteiger partial charge on any atom is 0.193 e. The van der Waals surface area contributed by atoms with Gasteiger partial charge in [-0.2, -0.15) is 0 Å². The van der Waals surface area contributed by atoms with Gasteiger partial charge in [0.1, 0.15) is 5.76 Å². The molecule has 2 aliphatic rings. The van der Waals surface area contributed by atoms with Crippen LogP contribution in [0.15, 0.2) is 27.8 Å². The highest BCUT2D eigenvalue weighted by atomic mass is 16.5. The summed E-state index contributed by atoms with van der Waals surface area (Å²) in [7, 11) is 0. The Morgan fingerprint density at radius 1 is 1.36 bits per heavy atom. The number of hydrogen-bond acceptors (Lipinski definition) is 4. The van der Waals surface area contributed by atoms with Crippen LogP contribution in [0.4, 0.5) is 0 Å². The second-order valence-electron chi connectivity index (χ2n) is 6.72. The van der Waals surface area contributed by atoms with Crippen molar-refractivity contribution in [1.29, 1.82) is 0 Å². The van der Waals surface area contributed by atoms with Gasteiger partial charge in [0.2, 0.25) is 0 Å². The van der Waals surface area contributed by atoms with Crippen LogP contribution >= 0.6 is 0 Å². The Labute approximate surface area is 150 Å².